The molecule has 0 radical (unpaired) electrons. The van der Waals surface area contributed by atoms with Crippen molar-refractivity contribution in [2.24, 2.45) is 0 Å². The molecule has 4 aromatic rings. The van der Waals surface area contributed by atoms with Gasteiger partial charge in [-0.05, 0) is 99.1 Å². The first-order valence-electron chi connectivity index (χ1n) is 22.3. The SMILES string of the molecule is C/C(=C/C(=O)O)C(=O)NCCCP(CCCNC(=O)c1cc(C(=O)c2ccc(C(=O)O)c(C(=O)NCCCP(CCCNC(=O)/C(C)=C\C(=O)O)c3ccccc3)c2)ccc1C(=O)O)c1ccccc1. The van der Waals surface area contributed by atoms with E-state index < -0.39 is 69.1 Å². The van der Waals surface area contributed by atoms with Gasteiger partial charge in [-0.1, -0.05) is 88.6 Å². The van der Waals surface area contributed by atoms with Crippen molar-refractivity contribution in [3.8, 4) is 0 Å². The third-order valence-corrected chi connectivity index (χ3v) is 16.2. The molecule has 0 aliphatic rings. The summed E-state index contributed by atoms with van der Waals surface area (Å²) in [4.78, 5) is 112. The predicted octanol–water partition coefficient (Wildman–Crippen LogP) is 5.24. The van der Waals surface area contributed by atoms with Gasteiger partial charge in [-0.15, -0.1) is 0 Å². The Hall–Kier alpha value is -7.35. The zero-order valence-corrected chi connectivity index (χ0v) is 40.5. The van der Waals surface area contributed by atoms with Gasteiger partial charge in [0.15, 0.2) is 5.78 Å². The third kappa shape index (κ3) is 17.6. The number of amides is 4. The molecule has 0 aromatic heterocycles. The molecule has 0 bridgehead atoms. The van der Waals surface area contributed by atoms with E-state index in [4.69, 9.17) is 10.2 Å². The van der Waals surface area contributed by atoms with Crippen LogP contribution in [0, 0.1) is 0 Å². The van der Waals surface area contributed by atoms with E-state index in [1.807, 2.05) is 60.7 Å². The summed E-state index contributed by atoms with van der Waals surface area (Å²) in [7, 11) is -1.47. The number of ketones is 1. The summed E-state index contributed by atoms with van der Waals surface area (Å²) in [6.45, 7) is 3.86. The molecule has 2 atom stereocenters. The molecule has 0 saturated carbocycles. The van der Waals surface area contributed by atoms with Crippen LogP contribution < -0.4 is 31.9 Å². The highest BCUT2D eigenvalue weighted by molar-refractivity contribution is 7.65. The maximum absolute atomic E-state index is 13.9. The van der Waals surface area contributed by atoms with Crippen LogP contribution in [0.2, 0.25) is 0 Å². The Labute approximate surface area is 407 Å². The maximum atomic E-state index is 13.9. The molecule has 2 unspecified atom stereocenters. The highest BCUT2D eigenvalue weighted by Gasteiger charge is 2.24. The second kappa shape index (κ2) is 28.2. The molecule has 0 heterocycles. The Morgan fingerprint density at radius 2 is 0.771 bits per heavy atom. The lowest BCUT2D eigenvalue weighted by atomic mass is 9.95. The van der Waals surface area contributed by atoms with Crippen LogP contribution in [0.5, 0.6) is 0 Å². The van der Waals surface area contributed by atoms with Crippen molar-refractivity contribution in [3.63, 3.8) is 0 Å². The van der Waals surface area contributed by atoms with Crippen molar-refractivity contribution >= 4 is 79.7 Å². The first-order valence-corrected chi connectivity index (χ1v) is 25.7. The number of carboxylic acid groups (broad SMARTS) is 4. The predicted molar refractivity (Wildman–Crippen MR) is 268 cm³/mol. The molecule has 0 spiro atoms. The summed E-state index contributed by atoms with van der Waals surface area (Å²) in [6.07, 6.45) is 6.81. The van der Waals surface area contributed by atoms with E-state index in [-0.39, 0.29) is 57.6 Å². The zero-order valence-electron chi connectivity index (χ0n) is 38.7. The minimum atomic E-state index is -1.40. The van der Waals surface area contributed by atoms with E-state index in [9.17, 15) is 53.4 Å². The lowest BCUT2D eigenvalue weighted by Gasteiger charge is -2.19. The summed E-state index contributed by atoms with van der Waals surface area (Å²) in [5.74, 6) is -8.30. The number of carboxylic acids is 4. The van der Waals surface area contributed by atoms with E-state index in [1.165, 1.54) is 26.0 Å². The van der Waals surface area contributed by atoms with Gasteiger partial charge >= 0.3 is 23.9 Å². The molecule has 368 valence electrons. The summed E-state index contributed by atoms with van der Waals surface area (Å²) in [6, 6.07) is 26.5. The van der Waals surface area contributed by atoms with E-state index in [0.717, 1.165) is 59.4 Å². The molecule has 17 nitrogen and oxygen atoms in total. The van der Waals surface area contributed by atoms with Crippen molar-refractivity contribution in [3.05, 3.63) is 154 Å². The van der Waals surface area contributed by atoms with Gasteiger partial charge < -0.3 is 41.7 Å². The highest BCUT2D eigenvalue weighted by atomic mass is 31.1. The van der Waals surface area contributed by atoms with Crippen LogP contribution in [0.1, 0.15) is 96.9 Å². The summed E-state index contributed by atoms with van der Waals surface area (Å²) < 4.78 is 0. The molecule has 4 amide bonds. The van der Waals surface area contributed by atoms with Gasteiger partial charge in [0.2, 0.25) is 11.8 Å². The van der Waals surface area contributed by atoms with Gasteiger partial charge in [-0.2, -0.15) is 0 Å². The van der Waals surface area contributed by atoms with Gasteiger partial charge in [-0.3, -0.25) is 24.0 Å². The van der Waals surface area contributed by atoms with Gasteiger partial charge in [0.1, 0.15) is 0 Å². The molecule has 0 aliphatic carbocycles. The van der Waals surface area contributed by atoms with Gasteiger partial charge in [0.05, 0.1) is 22.3 Å². The van der Waals surface area contributed by atoms with Crippen molar-refractivity contribution in [1.29, 1.82) is 0 Å². The highest BCUT2D eigenvalue weighted by Crippen LogP contribution is 2.36. The molecule has 4 aromatic carbocycles. The average molecular weight is 995 g/mol. The molecule has 70 heavy (non-hydrogen) atoms. The van der Waals surface area contributed by atoms with Crippen molar-refractivity contribution < 1.29 is 63.6 Å². The second-order valence-electron chi connectivity index (χ2n) is 15.9. The number of aromatic carboxylic acids is 2. The number of nitrogens with one attached hydrogen (secondary N) is 4. The molecule has 0 saturated heterocycles. The topological polar surface area (TPSA) is 283 Å². The van der Waals surface area contributed by atoms with E-state index in [0.29, 0.717) is 51.1 Å². The minimum absolute atomic E-state index is 0.0707. The van der Waals surface area contributed by atoms with Crippen LogP contribution in [0.25, 0.3) is 0 Å². The lowest BCUT2D eigenvalue weighted by Crippen LogP contribution is -2.28. The van der Waals surface area contributed by atoms with Crippen LogP contribution >= 0.6 is 15.8 Å². The molecule has 0 fully saturated rings. The summed E-state index contributed by atoms with van der Waals surface area (Å²) in [5.41, 5.74) is -1.21. The standard InChI is InChI=1S/C51H56N4O13P2/c1-33(29-43(56)57)46(61)52-21-9-25-69(37-13-5-3-6-14-37)27-11-23-54-48(63)41-31-35(17-19-39(41)50(65)66)45(60)36-18-20-40(51(67)68)42(32-36)49(64)55-24-12-28-70(38-15-7-4-8-16-38)26-10-22-53-47(62)34(2)30-44(58)59/h3-8,13-20,29-32H,9-12,21-28H2,1-2H3,(H,52,61)(H,53,62)(H,54,63)(H,55,64)(H,56,57)(H,58,59)(H,65,66)(H,67,68)/b33-29-,34-30-. The van der Waals surface area contributed by atoms with Crippen LogP contribution in [-0.4, -0.2) is 125 Å². The fraction of sp³-hybridized carbons (Fsp3) is 0.275. The van der Waals surface area contributed by atoms with Gasteiger partial charge in [0, 0.05) is 60.6 Å². The largest absolute Gasteiger partial charge is 0.478 e. The Bertz CT molecular complexity index is 2440. The lowest BCUT2D eigenvalue weighted by molar-refractivity contribution is -0.132. The molecular weight excluding hydrogens is 939 g/mol. The maximum Gasteiger partial charge on any atom is 0.336 e. The van der Waals surface area contributed by atoms with Gasteiger partial charge in [-0.25, -0.2) is 19.2 Å². The number of hydrogen-bond donors (Lipinski definition) is 8. The van der Waals surface area contributed by atoms with E-state index in [2.05, 4.69) is 21.3 Å². The fourth-order valence-corrected chi connectivity index (χ4v) is 12.0. The van der Waals surface area contributed by atoms with Crippen LogP contribution in [-0.2, 0) is 19.2 Å². The summed E-state index contributed by atoms with van der Waals surface area (Å²) >= 11 is 0. The van der Waals surface area contributed by atoms with Crippen molar-refractivity contribution in [1.82, 2.24) is 21.3 Å². The fourth-order valence-electron chi connectivity index (χ4n) is 7.16. The van der Waals surface area contributed by atoms with Crippen LogP contribution in [0.15, 0.2) is 120 Å². The van der Waals surface area contributed by atoms with Crippen molar-refractivity contribution in [2.75, 3.05) is 50.8 Å². The van der Waals surface area contributed by atoms with E-state index in [1.54, 1.807) is 0 Å². The van der Waals surface area contributed by atoms with Crippen LogP contribution in [0.3, 0.4) is 0 Å². The molecule has 4 rings (SSSR count). The number of benzene rings is 4. The first kappa shape index (κ1) is 55.2. The second-order valence-corrected chi connectivity index (χ2v) is 20.9. The van der Waals surface area contributed by atoms with Crippen molar-refractivity contribution in [2.45, 2.75) is 39.5 Å². The molecule has 8 N–H and O–H groups in total. The van der Waals surface area contributed by atoms with E-state index >= 15 is 0 Å². The quantitative estimate of drug-likeness (QED) is 0.0157. The number of aliphatic carboxylic acids is 2. The Balaban J connectivity index is 1.39. The smallest absolute Gasteiger partial charge is 0.336 e. The number of carbonyl (C=O) groups is 9. The molecular formula is C51H56N4O13P2. The normalized spacial score (nSPS) is 12.2. The molecule has 19 heteroatoms. The van der Waals surface area contributed by atoms with Crippen LogP contribution in [0.4, 0.5) is 0 Å². The number of carbonyl (C=O) groups excluding carboxylic acids is 5. The summed E-state index contributed by atoms with van der Waals surface area (Å²) in [5, 5.41) is 50.9. The Morgan fingerprint density at radius 1 is 0.443 bits per heavy atom. The number of rotatable bonds is 28. The molecule has 0 aliphatic heterocycles. The average Bonchev–Trinajstić information content (AvgIpc) is 3.34. The zero-order chi connectivity index (χ0) is 51.2. The minimum Gasteiger partial charge on any atom is -0.478 e. The monoisotopic (exact) mass is 994 g/mol. The number of hydrogen-bond acceptors (Lipinski definition) is 9. The Kier molecular flexibility index (Phi) is 22.3. The third-order valence-electron chi connectivity index (χ3n) is 10.7. The first-order chi connectivity index (χ1) is 33.5. The van der Waals surface area contributed by atoms with Gasteiger partial charge in [0.25, 0.3) is 11.8 Å². The Morgan fingerprint density at radius 3 is 1.09 bits per heavy atom.